The number of aromatic amines is 1. The zero-order chi connectivity index (χ0) is 18.3. The molecule has 2 heterocycles. The number of anilines is 1. The molecule has 0 fully saturated rings. The molecule has 5 N–H and O–H groups in total. The van der Waals surface area contributed by atoms with Gasteiger partial charge in [0.25, 0.3) is 5.91 Å². The number of aromatic nitrogens is 3. The van der Waals surface area contributed by atoms with Gasteiger partial charge in [-0.25, -0.2) is 0 Å². The number of aryl methyl sites for hydroxylation is 1. The fourth-order valence-corrected chi connectivity index (χ4v) is 3.26. The molecule has 0 unspecified atom stereocenters. The Bertz CT molecular complexity index is 1130. The molecule has 128 valence electrons. The van der Waals surface area contributed by atoms with Crippen molar-refractivity contribution in [2.45, 2.75) is 6.92 Å². The monoisotopic (exact) mass is 343 g/mol. The van der Waals surface area contributed by atoms with Crippen molar-refractivity contribution in [1.29, 1.82) is 0 Å². The minimum absolute atomic E-state index is 0.300. The van der Waals surface area contributed by atoms with Gasteiger partial charge in [-0.2, -0.15) is 5.10 Å². The molecule has 0 saturated carbocycles. The SMILES string of the molecule is Cc1ccc2[nH]ncc2c1-c1cc(-c2ccncc2)cc(C(N)=O)c1N. The Labute approximate surface area is 149 Å². The van der Waals surface area contributed by atoms with Crippen molar-refractivity contribution < 1.29 is 4.79 Å². The van der Waals surface area contributed by atoms with E-state index in [9.17, 15) is 4.79 Å². The van der Waals surface area contributed by atoms with Gasteiger partial charge in [-0.3, -0.25) is 14.9 Å². The molecule has 0 aliphatic heterocycles. The number of nitrogen functional groups attached to an aromatic ring is 1. The Morgan fingerprint density at radius 3 is 2.58 bits per heavy atom. The first-order valence-electron chi connectivity index (χ1n) is 8.13. The van der Waals surface area contributed by atoms with Crippen molar-refractivity contribution in [3.8, 4) is 22.3 Å². The summed E-state index contributed by atoms with van der Waals surface area (Å²) in [5.74, 6) is -0.559. The lowest BCUT2D eigenvalue weighted by Gasteiger charge is -2.15. The van der Waals surface area contributed by atoms with Gasteiger partial charge in [-0.05, 0) is 59.5 Å². The van der Waals surface area contributed by atoms with Gasteiger partial charge < -0.3 is 11.5 Å². The van der Waals surface area contributed by atoms with E-state index in [1.165, 1.54) is 0 Å². The van der Waals surface area contributed by atoms with E-state index in [1.807, 2.05) is 37.3 Å². The fourth-order valence-electron chi connectivity index (χ4n) is 3.26. The normalized spacial score (nSPS) is 11.0. The highest BCUT2D eigenvalue weighted by Gasteiger charge is 2.18. The first-order chi connectivity index (χ1) is 12.6. The molecule has 2 aromatic heterocycles. The fraction of sp³-hybridized carbons (Fsp3) is 0.0500. The van der Waals surface area contributed by atoms with Crippen LogP contribution < -0.4 is 11.5 Å². The second-order valence-corrected chi connectivity index (χ2v) is 6.17. The summed E-state index contributed by atoms with van der Waals surface area (Å²) in [5, 5.41) is 8.04. The van der Waals surface area contributed by atoms with Gasteiger partial charge in [-0.1, -0.05) is 6.07 Å². The predicted octanol–water partition coefficient (Wildman–Crippen LogP) is 3.28. The maximum atomic E-state index is 12.0. The first-order valence-corrected chi connectivity index (χ1v) is 8.13. The predicted molar refractivity (Wildman–Crippen MR) is 102 cm³/mol. The molecule has 26 heavy (non-hydrogen) atoms. The van der Waals surface area contributed by atoms with Crippen LogP contribution in [0, 0.1) is 6.92 Å². The number of nitrogens with two attached hydrogens (primary N) is 2. The molecule has 0 bridgehead atoms. The maximum Gasteiger partial charge on any atom is 0.250 e. The van der Waals surface area contributed by atoms with E-state index in [0.717, 1.165) is 38.7 Å². The lowest BCUT2D eigenvalue weighted by Crippen LogP contribution is -2.14. The van der Waals surface area contributed by atoms with Gasteiger partial charge in [0.1, 0.15) is 0 Å². The number of benzene rings is 2. The van der Waals surface area contributed by atoms with Gasteiger partial charge >= 0.3 is 0 Å². The van der Waals surface area contributed by atoms with Crippen molar-refractivity contribution in [2.75, 3.05) is 5.73 Å². The summed E-state index contributed by atoms with van der Waals surface area (Å²) in [7, 11) is 0. The number of nitrogens with one attached hydrogen (secondary N) is 1. The van der Waals surface area contributed by atoms with E-state index in [2.05, 4.69) is 15.2 Å². The molecule has 0 radical (unpaired) electrons. The Kier molecular flexibility index (Phi) is 3.65. The van der Waals surface area contributed by atoms with Crippen LogP contribution >= 0.6 is 0 Å². The highest BCUT2D eigenvalue weighted by molar-refractivity contribution is 6.07. The molecule has 4 rings (SSSR count). The van der Waals surface area contributed by atoms with Crippen LogP contribution in [0.1, 0.15) is 15.9 Å². The minimum Gasteiger partial charge on any atom is -0.398 e. The van der Waals surface area contributed by atoms with Crippen LogP contribution in [-0.2, 0) is 0 Å². The van der Waals surface area contributed by atoms with Crippen LogP contribution in [0.4, 0.5) is 5.69 Å². The quantitative estimate of drug-likeness (QED) is 0.496. The van der Waals surface area contributed by atoms with Crippen LogP contribution in [0.2, 0.25) is 0 Å². The Hall–Kier alpha value is -3.67. The lowest BCUT2D eigenvalue weighted by atomic mass is 9.90. The van der Waals surface area contributed by atoms with Gasteiger partial charge in [0.2, 0.25) is 0 Å². The number of carbonyl (C=O) groups excluding carboxylic acids is 1. The van der Waals surface area contributed by atoms with Crippen LogP contribution in [0.5, 0.6) is 0 Å². The maximum absolute atomic E-state index is 12.0. The smallest absolute Gasteiger partial charge is 0.250 e. The Morgan fingerprint density at radius 1 is 1.08 bits per heavy atom. The van der Waals surface area contributed by atoms with Gasteiger partial charge in [0, 0.05) is 23.3 Å². The minimum atomic E-state index is -0.559. The molecule has 0 aliphatic rings. The first kappa shape index (κ1) is 15.8. The standard InChI is InChI=1S/C20H17N5O/c1-11-2-3-17-16(10-24-25-17)18(11)14-8-13(12-4-6-23-7-5-12)9-15(19(14)21)20(22)26/h2-10H,21H2,1H3,(H2,22,26)(H,24,25). The number of nitrogens with zero attached hydrogens (tertiary/aromatic N) is 2. The number of hydrogen-bond acceptors (Lipinski definition) is 4. The Balaban J connectivity index is 2.07. The molecule has 6 nitrogen and oxygen atoms in total. The van der Waals surface area contributed by atoms with Crippen molar-refractivity contribution in [3.05, 3.63) is 66.1 Å². The number of primary amides is 1. The highest BCUT2D eigenvalue weighted by Crippen LogP contribution is 2.39. The number of rotatable bonds is 3. The molecular weight excluding hydrogens is 326 g/mol. The number of carbonyl (C=O) groups is 1. The van der Waals surface area contributed by atoms with Crippen molar-refractivity contribution in [1.82, 2.24) is 15.2 Å². The molecule has 0 saturated heterocycles. The van der Waals surface area contributed by atoms with Crippen molar-refractivity contribution in [2.24, 2.45) is 5.73 Å². The average Bonchev–Trinajstić information content (AvgIpc) is 3.11. The molecular formula is C20H17N5O. The molecule has 0 spiro atoms. The molecule has 0 atom stereocenters. The average molecular weight is 343 g/mol. The van der Waals surface area contributed by atoms with Gasteiger partial charge in [0.15, 0.2) is 0 Å². The largest absolute Gasteiger partial charge is 0.398 e. The van der Waals surface area contributed by atoms with Crippen molar-refractivity contribution >= 4 is 22.5 Å². The van der Waals surface area contributed by atoms with Crippen LogP contribution in [0.25, 0.3) is 33.2 Å². The summed E-state index contributed by atoms with van der Waals surface area (Å²) in [5.41, 5.74) is 18.0. The third-order valence-corrected chi connectivity index (χ3v) is 4.56. The summed E-state index contributed by atoms with van der Waals surface area (Å²) in [6.45, 7) is 2.00. The van der Waals surface area contributed by atoms with Crippen LogP contribution in [0.3, 0.4) is 0 Å². The van der Waals surface area contributed by atoms with Crippen LogP contribution in [-0.4, -0.2) is 21.1 Å². The van der Waals surface area contributed by atoms with Gasteiger partial charge in [0.05, 0.1) is 23.0 Å². The van der Waals surface area contributed by atoms with E-state index >= 15 is 0 Å². The van der Waals surface area contributed by atoms with E-state index in [-0.39, 0.29) is 0 Å². The molecule has 2 aromatic carbocycles. The van der Waals surface area contributed by atoms with E-state index < -0.39 is 5.91 Å². The molecule has 0 aliphatic carbocycles. The summed E-state index contributed by atoms with van der Waals surface area (Å²) in [4.78, 5) is 16.0. The second kappa shape index (κ2) is 6.00. The Morgan fingerprint density at radius 2 is 1.85 bits per heavy atom. The summed E-state index contributed by atoms with van der Waals surface area (Å²) in [6.07, 6.45) is 5.18. The summed E-state index contributed by atoms with van der Waals surface area (Å²) < 4.78 is 0. The van der Waals surface area contributed by atoms with E-state index in [4.69, 9.17) is 11.5 Å². The topological polar surface area (TPSA) is 111 Å². The molecule has 1 amide bonds. The zero-order valence-electron chi connectivity index (χ0n) is 14.2. The number of hydrogen-bond donors (Lipinski definition) is 3. The zero-order valence-corrected chi connectivity index (χ0v) is 14.2. The van der Waals surface area contributed by atoms with Crippen molar-refractivity contribution in [3.63, 3.8) is 0 Å². The summed E-state index contributed by atoms with van der Waals surface area (Å²) >= 11 is 0. The second-order valence-electron chi connectivity index (χ2n) is 6.17. The summed E-state index contributed by atoms with van der Waals surface area (Å²) in [6, 6.07) is 11.4. The van der Waals surface area contributed by atoms with E-state index in [0.29, 0.717) is 11.3 Å². The van der Waals surface area contributed by atoms with E-state index in [1.54, 1.807) is 24.7 Å². The van der Waals surface area contributed by atoms with Gasteiger partial charge in [-0.15, -0.1) is 0 Å². The molecule has 6 heteroatoms. The number of amides is 1. The number of pyridine rings is 1. The molecule has 4 aromatic rings. The third kappa shape index (κ3) is 2.48. The number of H-pyrrole nitrogens is 1. The third-order valence-electron chi connectivity index (χ3n) is 4.56. The number of fused-ring (bicyclic) bond motifs is 1. The van der Waals surface area contributed by atoms with Crippen LogP contribution in [0.15, 0.2) is 55.0 Å². The highest BCUT2D eigenvalue weighted by atomic mass is 16.1. The lowest BCUT2D eigenvalue weighted by molar-refractivity contribution is 0.100.